The summed E-state index contributed by atoms with van der Waals surface area (Å²) in [5.41, 5.74) is 6.65. The summed E-state index contributed by atoms with van der Waals surface area (Å²) in [5.74, 6) is 6.49. The van der Waals surface area contributed by atoms with Crippen LogP contribution in [0.25, 0.3) is 42.9 Å². The molecule has 0 atom stereocenters. The number of isocyanates is 4. The number of ether oxygens (including phenoxy) is 8. The van der Waals surface area contributed by atoms with Crippen LogP contribution in [0.3, 0.4) is 0 Å². The number of hydrogen-bond acceptors (Lipinski definition) is 16. The second-order valence-electron chi connectivity index (χ2n) is 15.4. The van der Waals surface area contributed by atoms with Gasteiger partial charge in [-0.05, 0) is 167 Å². The van der Waals surface area contributed by atoms with E-state index in [2.05, 4.69) is 41.2 Å². The second-order valence-corrected chi connectivity index (χ2v) is 15.4. The van der Waals surface area contributed by atoms with E-state index in [-0.39, 0.29) is 84.3 Å². The van der Waals surface area contributed by atoms with E-state index in [1.54, 1.807) is 56.9 Å². The van der Waals surface area contributed by atoms with Crippen molar-refractivity contribution in [3.63, 3.8) is 0 Å². The van der Waals surface area contributed by atoms with E-state index in [1.165, 1.54) is 25.4 Å². The van der Waals surface area contributed by atoms with Gasteiger partial charge in [-0.25, -0.2) is 0 Å². The molecule has 0 aromatic heterocycles. The molecule has 0 saturated carbocycles. The molecule has 24 nitrogen and oxygen atoms in total. The molecule has 92 heavy (non-hydrogen) atoms. The quantitative estimate of drug-likeness (QED) is 0.0297. The van der Waals surface area contributed by atoms with Crippen LogP contribution < -0.4 is 37.9 Å². The molecule has 0 aliphatic heterocycles. The molecule has 472 valence electrons. The molecule has 28 heteroatoms. The number of rotatable bonds is 20. The fourth-order valence-electron chi connectivity index (χ4n) is 6.00. The minimum Gasteiger partial charge on any atom is -0.724 e. The van der Waals surface area contributed by atoms with Crippen LogP contribution in [-0.4, -0.2) is 107 Å². The van der Waals surface area contributed by atoms with Gasteiger partial charge in [0.1, 0.15) is 46.0 Å². The van der Waals surface area contributed by atoms with Crippen LogP contribution in [-0.2, 0) is 103 Å². The van der Waals surface area contributed by atoms with Gasteiger partial charge in [0.25, 0.3) is 0 Å². The van der Waals surface area contributed by atoms with Crippen molar-refractivity contribution in [2.45, 2.75) is 0 Å². The summed E-state index contributed by atoms with van der Waals surface area (Å²) in [5, 5.41) is 44.0. The zero-order valence-corrected chi connectivity index (χ0v) is 58.7. The predicted octanol–water partition coefficient (Wildman–Crippen LogP) is 15.8. The van der Waals surface area contributed by atoms with Gasteiger partial charge in [0.2, 0.25) is 0 Å². The first-order valence-corrected chi connectivity index (χ1v) is 25.0. The monoisotopic (exact) mass is 1580 g/mol. The van der Waals surface area contributed by atoms with Crippen molar-refractivity contribution < 1.29 is 141 Å². The first-order chi connectivity index (χ1) is 42.9. The van der Waals surface area contributed by atoms with Crippen LogP contribution in [0.15, 0.2) is 214 Å². The Balaban J connectivity index is -0.000000522. The Morgan fingerprint density at radius 3 is 0.467 bits per heavy atom. The van der Waals surface area contributed by atoms with Crippen molar-refractivity contribution in [2.24, 2.45) is 20.0 Å². The SMILES string of the molecule is COc1ccc(N=C[N-]c2ccc(OC)cc2)cc1.COc1ccc(N=C[N-]c2ccc(OC)cc2)cc1.COc1ccc(N=C[N-]c2ccc(OC)cc2)cc1.COc1ccc(N=C[N-]c2ccc(OC)cc2)cc1.[Mo+2].[Mo+2].[Mo+2].[Mo+2].[N-]=C=O.[N-]=C=O.[N-]=C=O.[N-]=C=O. The van der Waals surface area contributed by atoms with Crippen LogP contribution in [0.2, 0.25) is 0 Å². The minimum atomic E-state index is 0. The molecule has 0 unspecified atom stereocenters. The van der Waals surface area contributed by atoms with E-state index >= 15 is 0 Å². The third kappa shape index (κ3) is 41.5. The summed E-state index contributed by atoms with van der Waals surface area (Å²) in [6.07, 6.45) is 8.13. The molecule has 0 aliphatic rings. The molecule has 0 aliphatic carbocycles. The summed E-state index contributed by atoms with van der Waals surface area (Å²) in [6.45, 7) is 0. The average Bonchev–Trinajstić information content (AvgIpc) is 3.68. The normalized spacial score (nSPS) is 8.96. The maximum Gasteiger partial charge on any atom is 2.00 e. The zero-order valence-electron chi connectivity index (χ0n) is 50.7. The van der Waals surface area contributed by atoms with Gasteiger partial charge in [-0.3, -0.25) is 19.2 Å². The summed E-state index contributed by atoms with van der Waals surface area (Å²) in [7, 11) is 13.1. The smallest absolute Gasteiger partial charge is 0.724 e. The molecule has 8 aromatic carbocycles. The Bertz CT molecular complexity index is 2950. The van der Waals surface area contributed by atoms with Gasteiger partial charge in [0.15, 0.2) is 0 Å². The molecular weight excluding hydrogens is 1510 g/mol. The number of benzene rings is 8. The van der Waals surface area contributed by atoms with Gasteiger partial charge in [-0.2, -0.15) is 0 Å². The third-order valence-electron chi connectivity index (χ3n) is 10.2. The van der Waals surface area contributed by atoms with Gasteiger partial charge in [-0.1, -0.05) is 122 Å². The van der Waals surface area contributed by atoms with Crippen molar-refractivity contribution in [1.82, 2.24) is 0 Å². The zero-order chi connectivity index (χ0) is 64.8. The Labute approximate surface area is 591 Å². The first-order valence-electron chi connectivity index (χ1n) is 25.0. The fourth-order valence-corrected chi connectivity index (χ4v) is 6.00. The van der Waals surface area contributed by atoms with Gasteiger partial charge in [0, 0.05) is 0 Å². The van der Waals surface area contributed by atoms with Crippen LogP contribution in [0.4, 0.5) is 45.5 Å². The van der Waals surface area contributed by atoms with E-state index in [0.29, 0.717) is 24.3 Å². The fraction of sp³-hybridized carbons (Fsp3) is 0.125. The first kappa shape index (κ1) is 88.7. The molecule has 8 rings (SSSR count). The standard InChI is InChI=1S/4C15H15N2O2.4CNO.4Mo/c4*1-18-14-7-3-12(4-8-14)16-11-17-13-5-9-15(19-2)10-6-13;4*2-1-3;;;;/h4*3-11H,1-2H3;;;;;;;;/q8*-1;4*+2. The number of hydrogen-bond donors (Lipinski definition) is 0. The molecule has 0 saturated heterocycles. The summed E-state index contributed by atoms with van der Waals surface area (Å²) >= 11 is 0. The largest absolute Gasteiger partial charge is 2.00 e. The Kier molecular flexibility index (Phi) is 56.9. The van der Waals surface area contributed by atoms with E-state index in [4.69, 9.17) is 78.7 Å². The third-order valence-corrected chi connectivity index (χ3v) is 10.2. The van der Waals surface area contributed by atoms with Crippen LogP contribution in [0.5, 0.6) is 46.0 Å². The maximum atomic E-state index is 8.24. The molecule has 0 amide bonds. The Morgan fingerprint density at radius 2 is 0.359 bits per heavy atom. The molecule has 0 fully saturated rings. The van der Waals surface area contributed by atoms with Gasteiger partial charge in [-0.15, -0.1) is 0 Å². The van der Waals surface area contributed by atoms with Gasteiger partial charge < -0.3 is 101 Å². The molecular formula is C64H60Mo4N12O12. The number of aliphatic imine (C=N–C) groups is 4. The van der Waals surface area contributed by atoms with Crippen LogP contribution >= 0.6 is 0 Å². The van der Waals surface area contributed by atoms with Crippen LogP contribution in [0.1, 0.15) is 0 Å². The van der Waals surface area contributed by atoms with E-state index in [0.717, 1.165) is 91.5 Å². The van der Waals surface area contributed by atoms with Crippen molar-refractivity contribution in [2.75, 3.05) is 56.9 Å². The van der Waals surface area contributed by atoms with E-state index in [9.17, 15) is 0 Å². The number of carbonyl (C=O) groups excluding carboxylic acids is 4. The van der Waals surface area contributed by atoms with Gasteiger partial charge >= 0.3 is 84.3 Å². The average molecular weight is 1570 g/mol. The molecule has 0 bridgehead atoms. The summed E-state index contributed by atoms with van der Waals surface area (Å²) in [6, 6.07) is 59.8. The van der Waals surface area contributed by atoms with E-state index in [1.807, 2.05) is 194 Å². The van der Waals surface area contributed by atoms with E-state index < -0.39 is 0 Å². The molecule has 0 N–H and O–H groups in total. The molecule has 0 spiro atoms. The maximum absolute atomic E-state index is 8.24. The topological polar surface area (TPSA) is 337 Å². The van der Waals surface area contributed by atoms with Crippen molar-refractivity contribution in [1.29, 1.82) is 0 Å². The van der Waals surface area contributed by atoms with Gasteiger partial charge in [0.05, 0.1) is 56.9 Å². The van der Waals surface area contributed by atoms with Crippen molar-refractivity contribution >= 4 is 95.2 Å². The molecule has 0 radical (unpaired) electrons. The number of nitrogens with zero attached hydrogens (tertiary/aromatic N) is 12. The summed E-state index contributed by atoms with van der Waals surface area (Å²) < 4.78 is 40.6. The summed E-state index contributed by atoms with van der Waals surface area (Å²) in [4.78, 5) is 49.9. The predicted molar refractivity (Wildman–Crippen MR) is 345 cm³/mol. The Morgan fingerprint density at radius 1 is 0.250 bits per heavy atom. The molecule has 8 aromatic rings. The second kappa shape index (κ2) is 59.0. The number of methoxy groups -OCH3 is 8. The van der Waals surface area contributed by atoms with Crippen molar-refractivity contribution in [3.8, 4) is 46.0 Å². The van der Waals surface area contributed by atoms with Crippen LogP contribution in [0, 0.1) is 0 Å². The van der Waals surface area contributed by atoms with Crippen molar-refractivity contribution in [3.05, 3.63) is 237 Å². The Hall–Kier alpha value is -9.69. The minimum absolute atomic E-state index is 0. The molecule has 0 heterocycles.